The number of aliphatic hydroxyl groups excluding tert-OH is 1. The molecule has 7 heteroatoms. The van der Waals surface area contributed by atoms with E-state index in [9.17, 15) is 0 Å². The fourth-order valence-electron chi connectivity index (χ4n) is 2.42. The van der Waals surface area contributed by atoms with Crippen LogP contribution >= 0.6 is 0 Å². The van der Waals surface area contributed by atoms with Gasteiger partial charge in [0, 0.05) is 26.2 Å². The van der Waals surface area contributed by atoms with Gasteiger partial charge in [-0.25, -0.2) is 4.98 Å². The van der Waals surface area contributed by atoms with Gasteiger partial charge in [-0.3, -0.25) is 4.90 Å². The quantitative estimate of drug-likeness (QED) is 0.783. The molecule has 1 fully saturated rings. The standard InChI is InChI=1S/C13H23N5O2/c1-2-20-13-11(14)12(15-10-16-13)18-5-3-4-17(6-7-18)8-9-19/h10,19H,2-9,14H2,1H3. The number of β-amino-alcohol motifs (C(OH)–C–C–N with tert-alkyl or cyclic N) is 1. The van der Waals surface area contributed by atoms with Gasteiger partial charge in [-0.1, -0.05) is 0 Å². The monoisotopic (exact) mass is 281 g/mol. The van der Waals surface area contributed by atoms with Crippen molar-refractivity contribution in [2.75, 3.05) is 56.6 Å². The van der Waals surface area contributed by atoms with Crippen LogP contribution in [0.15, 0.2) is 6.33 Å². The molecule has 0 saturated carbocycles. The molecule has 0 bridgehead atoms. The number of nitrogens with two attached hydrogens (primary N) is 1. The topological polar surface area (TPSA) is 87.7 Å². The Morgan fingerprint density at radius 1 is 1.30 bits per heavy atom. The Kier molecular flexibility index (Phi) is 5.37. The second kappa shape index (κ2) is 7.25. The summed E-state index contributed by atoms with van der Waals surface area (Å²) in [6.45, 7) is 6.97. The van der Waals surface area contributed by atoms with Crippen molar-refractivity contribution in [2.24, 2.45) is 0 Å². The van der Waals surface area contributed by atoms with E-state index in [0.29, 0.717) is 18.2 Å². The summed E-state index contributed by atoms with van der Waals surface area (Å²) in [7, 11) is 0. The van der Waals surface area contributed by atoms with E-state index in [2.05, 4.69) is 19.8 Å². The molecule has 2 rings (SSSR count). The lowest BCUT2D eigenvalue weighted by atomic mass is 10.3. The molecule has 1 saturated heterocycles. The normalized spacial score (nSPS) is 17.0. The number of hydrogen-bond donors (Lipinski definition) is 2. The Morgan fingerprint density at radius 3 is 2.90 bits per heavy atom. The number of anilines is 2. The molecule has 0 radical (unpaired) electrons. The van der Waals surface area contributed by atoms with Crippen molar-refractivity contribution >= 4 is 11.5 Å². The van der Waals surface area contributed by atoms with E-state index in [4.69, 9.17) is 15.6 Å². The summed E-state index contributed by atoms with van der Waals surface area (Å²) >= 11 is 0. The zero-order valence-electron chi connectivity index (χ0n) is 12.0. The molecule has 3 N–H and O–H groups in total. The Bertz CT molecular complexity index is 429. The summed E-state index contributed by atoms with van der Waals surface area (Å²) in [4.78, 5) is 12.8. The molecule has 1 aliphatic rings. The fraction of sp³-hybridized carbons (Fsp3) is 0.692. The highest BCUT2D eigenvalue weighted by Crippen LogP contribution is 2.28. The van der Waals surface area contributed by atoms with Gasteiger partial charge in [-0.05, 0) is 19.9 Å². The smallest absolute Gasteiger partial charge is 0.242 e. The van der Waals surface area contributed by atoms with Crippen molar-refractivity contribution in [3.63, 3.8) is 0 Å². The molecule has 1 aromatic rings. The van der Waals surface area contributed by atoms with Crippen molar-refractivity contribution in [3.8, 4) is 5.88 Å². The van der Waals surface area contributed by atoms with Gasteiger partial charge in [0.15, 0.2) is 5.82 Å². The van der Waals surface area contributed by atoms with Crippen molar-refractivity contribution < 1.29 is 9.84 Å². The van der Waals surface area contributed by atoms with Crippen LogP contribution in [0.25, 0.3) is 0 Å². The van der Waals surface area contributed by atoms with E-state index < -0.39 is 0 Å². The first-order valence-electron chi connectivity index (χ1n) is 7.07. The Labute approximate surface area is 119 Å². The van der Waals surface area contributed by atoms with Crippen molar-refractivity contribution in [3.05, 3.63) is 6.33 Å². The molecule has 0 aromatic carbocycles. The number of rotatable bonds is 5. The van der Waals surface area contributed by atoms with Crippen LogP contribution in [0.2, 0.25) is 0 Å². The summed E-state index contributed by atoms with van der Waals surface area (Å²) in [6, 6.07) is 0. The second-order valence-electron chi connectivity index (χ2n) is 4.75. The molecule has 1 aliphatic heterocycles. The molecule has 112 valence electrons. The number of nitrogens with zero attached hydrogens (tertiary/aromatic N) is 4. The SMILES string of the molecule is CCOc1ncnc(N2CCCN(CCO)CC2)c1N. The van der Waals surface area contributed by atoms with E-state index in [-0.39, 0.29) is 6.61 Å². The zero-order chi connectivity index (χ0) is 14.4. The van der Waals surface area contributed by atoms with Gasteiger partial charge in [0.05, 0.1) is 13.2 Å². The third-order valence-electron chi connectivity index (χ3n) is 3.41. The van der Waals surface area contributed by atoms with Crippen molar-refractivity contribution in [1.82, 2.24) is 14.9 Å². The molecule has 1 aromatic heterocycles. The number of nitrogen functional groups attached to an aromatic ring is 1. The zero-order valence-corrected chi connectivity index (χ0v) is 12.0. The van der Waals surface area contributed by atoms with Crippen LogP contribution in [0.4, 0.5) is 11.5 Å². The first kappa shape index (κ1) is 14.8. The molecule has 2 heterocycles. The predicted molar refractivity (Wildman–Crippen MR) is 78.0 cm³/mol. The minimum absolute atomic E-state index is 0.199. The van der Waals surface area contributed by atoms with Crippen LogP contribution in [0.5, 0.6) is 5.88 Å². The number of hydrogen-bond acceptors (Lipinski definition) is 7. The molecular weight excluding hydrogens is 258 g/mol. The summed E-state index contributed by atoms with van der Waals surface area (Å²) < 4.78 is 5.41. The first-order valence-corrected chi connectivity index (χ1v) is 7.07. The first-order chi connectivity index (χ1) is 9.76. The largest absolute Gasteiger partial charge is 0.476 e. The molecule has 0 amide bonds. The van der Waals surface area contributed by atoms with Crippen LogP contribution in [-0.4, -0.2) is 65.9 Å². The predicted octanol–water partition coefficient (Wildman–Crippen LogP) is -0.0381. The average molecular weight is 281 g/mol. The number of ether oxygens (including phenoxy) is 1. The molecular formula is C13H23N5O2. The van der Waals surface area contributed by atoms with E-state index in [1.54, 1.807) is 0 Å². The maximum atomic E-state index is 9.02. The van der Waals surface area contributed by atoms with Crippen LogP contribution in [-0.2, 0) is 0 Å². The van der Waals surface area contributed by atoms with Gasteiger partial charge >= 0.3 is 0 Å². The lowest BCUT2D eigenvalue weighted by Gasteiger charge is -2.23. The van der Waals surface area contributed by atoms with Crippen molar-refractivity contribution in [2.45, 2.75) is 13.3 Å². The van der Waals surface area contributed by atoms with E-state index in [1.807, 2.05) is 6.92 Å². The van der Waals surface area contributed by atoms with Crippen LogP contribution < -0.4 is 15.4 Å². The summed E-state index contributed by atoms with van der Waals surface area (Å²) in [5, 5.41) is 9.02. The van der Waals surface area contributed by atoms with Gasteiger partial charge in [0.25, 0.3) is 0 Å². The third kappa shape index (κ3) is 3.49. The van der Waals surface area contributed by atoms with Crippen LogP contribution in [0, 0.1) is 0 Å². The highest BCUT2D eigenvalue weighted by molar-refractivity contribution is 5.67. The Balaban J connectivity index is 2.09. The Morgan fingerprint density at radius 2 is 2.15 bits per heavy atom. The molecule has 7 nitrogen and oxygen atoms in total. The van der Waals surface area contributed by atoms with E-state index in [1.165, 1.54) is 6.33 Å². The molecule has 0 atom stereocenters. The summed E-state index contributed by atoms with van der Waals surface area (Å²) in [5.74, 6) is 1.20. The molecule has 0 unspecified atom stereocenters. The van der Waals surface area contributed by atoms with E-state index in [0.717, 1.165) is 45.0 Å². The Hall–Kier alpha value is -1.60. The highest BCUT2D eigenvalue weighted by atomic mass is 16.5. The van der Waals surface area contributed by atoms with Crippen LogP contribution in [0.3, 0.4) is 0 Å². The fourth-order valence-corrected chi connectivity index (χ4v) is 2.42. The van der Waals surface area contributed by atoms with Crippen molar-refractivity contribution in [1.29, 1.82) is 0 Å². The second-order valence-corrected chi connectivity index (χ2v) is 4.75. The molecule has 20 heavy (non-hydrogen) atoms. The lowest BCUT2D eigenvalue weighted by Crippen LogP contribution is -2.33. The number of aliphatic hydroxyl groups is 1. The molecule has 0 spiro atoms. The average Bonchev–Trinajstić information content (AvgIpc) is 2.68. The molecule has 0 aliphatic carbocycles. The summed E-state index contributed by atoms with van der Waals surface area (Å²) in [5.41, 5.74) is 6.60. The van der Waals surface area contributed by atoms with Gasteiger partial charge in [-0.2, -0.15) is 4.98 Å². The maximum Gasteiger partial charge on any atom is 0.242 e. The van der Waals surface area contributed by atoms with E-state index >= 15 is 0 Å². The van der Waals surface area contributed by atoms with Gasteiger partial charge < -0.3 is 20.5 Å². The summed E-state index contributed by atoms with van der Waals surface area (Å²) in [6.07, 6.45) is 2.51. The van der Waals surface area contributed by atoms with Gasteiger partial charge in [0.2, 0.25) is 5.88 Å². The highest BCUT2D eigenvalue weighted by Gasteiger charge is 2.19. The minimum atomic E-state index is 0.199. The minimum Gasteiger partial charge on any atom is -0.476 e. The van der Waals surface area contributed by atoms with Crippen LogP contribution in [0.1, 0.15) is 13.3 Å². The third-order valence-corrected chi connectivity index (χ3v) is 3.41. The van der Waals surface area contributed by atoms with Gasteiger partial charge in [-0.15, -0.1) is 0 Å². The van der Waals surface area contributed by atoms with Gasteiger partial charge in [0.1, 0.15) is 12.0 Å². The number of aromatic nitrogens is 2. The maximum absolute atomic E-state index is 9.02. The lowest BCUT2D eigenvalue weighted by molar-refractivity contribution is 0.204.